The second-order valence-electron chi connectivity index (χ2n) is 7.91. The van der Waals surface area contributed by atoms with Crippen LogP contribution in [0.3, 0.4) is 0 Å². The number of nitriles is 1. The number of rotatable bonds is 4. The van der Waals surface area contributed by atoms with Gasteiger partial charge in [0, 0.05) is 5.56 Å². The number of allylic oxidation sites excluding steroid dienone is 2. The lowest BCUT2D eigenvalue weighted by Crippen LogP contribution is -2.23. The van der Waals surface area contributed by atoms with E-state index in [4.69, 9.17) is 0 Å². The first-order chi connectivity index (χ1) is 13.6. The van der Waals surface area contributed by atoms with Crippen LogP contribution in [0.1, 0.15) is 43.9 Å². The second-order valence-corrected chi connectivity index (χ2v) is 9.83. The Morgan fingerprint density at radius 2 is 1.93 bits per heavy atom. The summed E-state index contributed by atoms with van der Waals surface area (Å²) >= 11 is 0. The first kappa shape index (κ1) is 23.7. The maximum Gasteiger partial charge on any atom is 0.523 e. The van der Waals surface area contributed by atoms with Crippen LogP contribution in [0, 0.1) is 18.3 Å². The van der Waals surface area contributed by atoms with E-state index < -0.39 is 32.6 Å². The van der Waals surface area contributed by atoms with Crippen LogP contribution in [-0.4, -0.2) is 26.0 Å². The van der Waals surface area contributed by atoms with Gasteiger partial charge in [0.2, 0.25) is 9.84 Å². The van der Waals surface area contributed by atoms with Crippen LogP contribution in [0.2, 0.25) is 0 Å². The van der Waals surface area contributed by atoms with E-state index in [9.17, 15) is 32.0 Å². The molecule has 9 heteroatoms. The number of phenolic OH excluding ortho intramolecular Hbond substituents is 1. The molecule has 1 aliphatic carbocycles. The zero-order valence-electron chi connectivity index (χ0n) is 16.9. The number of benzene rings is 1. The van der Waals surface area contributed by atoms with Crippen molar-refractivity contribution in [2.24, 2.45) is 0 Å². The van der Waals surface area contributed by atoms with E-state index in [2.05, 4.69) is 4.74 Å². The Morgan fingerprint density at radius 1 is 1.30 bits per heavy atom. The Balaban J connectivity index is 2.41. The van der Waals surface area contributed by atoms with Gasteiger partial charge in [0.25, 0.3) is 0 Å². The van der Waals surface area contributed by atoms with Gasteiger partial charge >= 0.3 is 6.36 Å². The number of alkyl halides is 3. The Kier molecular flexibility index (Phi) is 6.54. The Morgan fingerprint density at radius 3 is 2.40 bits per heavy atom. The predicted molar refractivity (Wildman–Crippen MR) is 107 cm³/mol. The summed E-state index contributed by atoms with van der Waals surface area (Å²) in [6, 6.07) is 4.81. The third kappa shape index (κ3) is 5.52. The number of ether oxygens (including phenoxy) is 1. The average molecular weight is 441 g/mol. The summed E-state index contributed by atoms with van der Waals surface area (Å²) < 4.78 is 66.4. The third-order valence-corrected chi connectivity index (χ3v) is 6.16. The maximum absolute atomic E-state index is 12.8. The van der Waals surface area contributed by atoms with Crippen molar-refractivity contribution in [3.8, 4) is 11.8 Å². The molecule has 2 rings (SSSR count). The molecule has 1 aromatic carbocycles. The molecule has 0 fully saturated rings. The number of sulfone groups is 1. The van der Waals surface area contributed by atoms with Crippen molar-refractivity contribution >= 4 is 15.9 Å². The van der Waals surface area contributed by atoms with Gasteiger partial charge in [0.05, 0.1) is 11.0 Å². The van der Waals surface area contributed by atoms with Crippen molar-refractivity contribution in [3.63, 3.8) is 0 Å². The van der Waals surface area contributed by atoms with E-state index in [0.29, 0.717) is 16.7 Å². The fourth-order valence-corrected chi connectivity index (χ4v) is 4.19. The molecule has 0 saturated heterocycles. The first-order valence-electron chi connectivity index (χ1n) is 8.99. The van der Waals surface area contributed by atoms with Crippen molar-refractivity contribution < 1.29 is 31.4 Å². The summed E-state index contributed by atoms with van der Waals surface area (Å²) in [7, 11) is -4.24. The molecule has 0 heterocycles. The summed E-state index contributed by atoms with van der Waals surface area (Å²) in [5.74, 6) is 0.0923. The highest BCUT2D eigenvalue weighted by molar-refractivity contribution is 7.99. The molecule has 0 spiro atoms. The number of aryl methyl sites for hydroxylation is 1. The summed E-state index contributed by atoms with van der Waals surface area (Å²) in [5.41, 5.74) is 1.10. The zero-order valence-corrected chi connectivity index (χ0v) is 17.7. The Hall–Kier alpha value is -2.57. The van der Waals surface area contributed by atoms with Gasteiger partial charge in [0.1, 0.15) is 16.7 Å². The molecule has 0 radical (unpaired) electrons. The highest BCUT2D eigenvalue weighted by Gasteiger charge is 2.34. The minimum Gasteiger partial charge on any atom is -0.507 e. The molecule has 0 amide bonds. The average Bonchev–Trinajstić information content (AvgIpc) is 2.60. The van der Waals surface area contributed by atoms with Crippen LogP contribution in [0.5, 0.6) is 5.75 Å². The quantitative estimate of drug-likeness (QED) is 0.663. The SMILES string of the molecule is Cc1cc(/C=C(\C#N)S(=O)(=O)C2=CCC(OC(F)(F)F)C=C2)cc(C(C)(C)C)c1O. The predicted octanol–water partition coefficient (Wildman–Crippen LogP) is 5.03. The monoisotopic (exact) mass is 441 g/mol. The van der Waals surface area contributed by atoms with Crippen LogP contribution in [0.15, 0.2) is 40.2 Å². The van der Waals surface area contributed by atoms with E-state index in [1.165, 1.54) is 6.08 Å². The van der Waals surface area contributed by atoms with E-state index in [1.807, 2.05) is 20.8 Å². The molecule has 1 N–H and O–H groups in total. The number of phenols is 1. The molecule has 0 aliphatic heterocycles. The third-order valence-electron chi connectivity index (χ3n) is 4.45. The van der Waals surface area contributed by atoms with Crippen LogP contribution in [0.4, 0.5) is 13.2 Å². The molecule has 5 nitrogen and oxygen atoms in total. The highest BCUT2D eigenvalue weighted by Crippen LogP contribution is 2.35. The van der Waals surface area contributed by atoms with Gasteiger partial charge in [-0.1, -0.05) is 32.9 Å². The van der Waals surface area contributed by atoms with Gasteiger partial charge in [-0.2, -0.15) is 5.26 Å². The summed E-state index contributed by atoms with van der Waals surface area (Å²) in [4.78, 5) is -0.831. The molecule has 1 aliphatic rings. The normalized spacial score (nSPS) is 18.1. The standard InChI is InChI=1S/C21H22F3NO4S/c1-13-9-14(11-18(19(13)26)20(2,3)4)10-17(12-25)30(27,28)16-7-5-15(6-8-16)29-21(22,23)24/h5,7-11,15,26H,6H2,1-4H3/b17-10+. The number of hydrogen-bond acceptors (Lipinski definition) is 5. The lowest BCUT2D eigenvalue weighted by molar-refractivity contribution is -0.335. The molecule has 1 atom stereocenters. The van der Waals surface area contributed by atoms with Crippen molar-refractivity contribution in [1.29, 1.82) is 5.26 Å². The van der Waals surface area contributed by atoms with Crippen LogP contribution < -0.4 is 0 Å². The van der Waals surface area contributed by atoms with Crippen molar-refractivity contribution in [3.05, 3.63) is 56.9 Å². The van der Waals surface area contributed by atoms with Crippen LogP contribution >= 0.6 is 0 Å². The molecule has 162 valence electrons. The van der Waals surface area contributed by atoms with Crippen molar-refractivity contribution in [1.82, 2.24) is 0 Å². The Labute approximate surface area is 173 Å². The van der Waals surface area contributed by atoms with Gasteiger partial charge < -0.3 is 5.11 Å². The summed E-state index contributed by atoms with van der Waals surface area (Å²) in [6.07, 6.45) is -2.17. The van der Waals surface area contributed by atoms with E-state index in [0.717, 1.165) is 18.2 Å². The van der Waals surface area contributed by atoms with Gasteiger partial charge in [-0.05, 0) is 54.2 Å². The molecule has 0 saturated carbocycles. The molecule has 1 aromatic rings. The van der Waals surface area contributed by atoms with Gasteiger partial charge in [-0.15, -0.1) is 13.2 Å². The van der Waals surface area contributed by atoms with E-state index in [-0.39, 0.29) is 17.1 Å². The first-order valence-corrected chi connectivity index (χ1v) is 10.5. The number of aromatic hydroxyl groups is 1. The zero-order chi connectivity index (χ0) is 22.9. The molecular weight excluding hydrogens is 419 g/mol. The van der Waals surface area contributed by atoms with Gasteiger partial charge in [0.15, 0.2) is 0 Å². The Bertz CT molecular complexity index is 1070. The number of nitrogens with zero attached hydrogens (tertiary/aromatic N) is 1. The van der Waals surface area contributed by atoms with Crippen LogP contribution in [0.25, 0.3) is 6.08 Å². The molecule has 0 aromatic heterocycles. The van der Waals surface area contributed by atoms with E-state index >= 15 is 0 Å². The fourth-order valence-electron chi connectivity index (χ4n) is 2.95. The minimum atomic E-state index is -4.83. The van der Waals surface area contributed by atoms with Crippen molar-refractivity contribution in [2.45, 2.75) is 52.0 Å². The number of hydrogen-bond donors (Lipinski definition) is 1. The van der Waals surface area contributed by atoms with Gasteiger partial charge in [-0.3, -0.25) is 4.74 Å². The molecular formula is C21H22F3NO4S. The topological polar surface area (TPSA) is 87.4 Å². The minimum absolute atomic E-state index is 0.0923. The lowest BCUT2D eigenvalue weighted by Gasteiger charge is -2.22. The molecule has 0 bridgehead atoms. The smallest absolute Gasteiger partial charge is 0.507 e. The molecule has 30 heavy (non-hydrogen) atoms. The van der Waals surface area contributed by atoms with Crippen molar-refractivity contribution in [2.75, 3.05) is 0 Å². The summed E-state index contributed by atoms with van der Waals surface area (Å²) in [5, 5.41) is 19.7. The van der Waals surface area contributed by atoms with Crippen LogP contribution in [-0.2, 0) is 20.0 Å². The lowest BCUT2D eigenvalue weighted by atomic mass is 9.84. The van der Waals surface area contributed by atoms with E-state index in [1.54, 1.807) is 25.1 Å². The number of halogens is 3. The molecule has 1 unspecified atom stereocenters. The second kappa shape index (κ2) is 8.28. The fraction of sp³-hybridized carbons (Fsp3) is 0.381. The highest BCUT2D eigenvalue weighted by atomic mass is 32.2. The summed E-state index contributed by atoms with van der Waals surface area (Å²) in [6.45, 7) is 7.31. The largest absolute Gasteiger partial charge is 0.523 e. The maximum atomic E-state index is 12.8. The van der Waals surface area contributed by atoms with Gasteiger partial charge in [-0.25, -0.2) is 8.42 Å².